The first kappa shape index (κ1) is 18.6. The molecule has 0 bridgehead atoms. The monoisotopic (exact) mass is 350 g/mol. The molecular formula is C22H30N4. The molecular weight excluding hydrogens is 320 g/mol. The summed E-state index contributed by atoms with van der Waals surface area (Å²) in [6.45, 7) is 6.20. The number of hydrogen-bond donors (Lipinski definition) is 0. The third-order valence-electron chi connectivity index (χ3n) is 4.77. The molecule has 3 aromatic rings. The van der Waals surface area contributed by atoms with Gasteiger partial charge in [-0.3, -0.25) is 0 Å². The van der Waals surface area contributed by atoms with E-state index in [2.05, 4.69) is 91.1 Å². The van der Waals surface area contributed by atoms with Crippen LogP contribution in [-0.4, -0.2) is 53.6 Å². The van der Waals surface area contributed by atoms with Crippen LogP contribution in [0.3, 0.4) is 0 Å². The van der Waals surface area contributed by atoms with Crippen molar-refractivity contribution >= 4 is 10.8 Å². The Morgan fingerprint density at radius 1 is 0.962 bits per heavy atom. The Bertz CT molecular complexity index is 845. The summed E-state index contributed by atoms with van der Waals surface area (Å²) in [6, 6.07) is 15.0. The average Bonchev–Trinajstić information content (AvgIpc) is 3.03. The van der Waals surface area contributed by atoms with Crippen molar-refractivity contribution in [2.75, 3.05) is 34.2 Å². The van der Waals surface area contributed by atoms with Crippen molar-refractivity contribution in [3.8, 4) is 11.4 Å². The Balaban J connectivity index is 1.83. The van der Waals surface area contributed by atoms with Crippen LogP contribution in [0.5, 0.6) is 0 Å². The van der Waals surface area contributed by atoms with E-state index < -0.39 is 0 Å². The maximum absolute atomic E-state index is 5.00. The van der Waals surface area contributed by atoms with Crippen LogP contribution in [0, 0.1) is 0 Å². The van der Waals surface area contributed by atoms with E-state index in [4.69, 9.17) is 4.98 Å². The minimum atomic E-state index is 0.887. The van der Waals surface area contributed by atoms with Gasteiger partial charge < -0.3 is 14.4 Å². The van der Waals surface area contributed by atoms with Crippen molar-refractivity contribution in [3.05, 3.63) is 54.4 Å². The molecule has 0 saturated heterocycles. The molecule has 1 heterocycles. The second-order valence-electron chi connectivity index (χ2n) is 7.26. The second kappa shape index (κ2) is 8.47. The fourth-order valence-electron chi connectivity index (χ4n) is 3.44. The molecule has 0 atom stereocenters. The van der Waals surface area contributed by atoms with E-state index in [9.17, 15) is 0 Å². The van der Waals surface area contributed by atoms with Gasteiger partial charge in [0.1, 0.15) is 5.82 Å². The number of benzene rings is 2. The van der Waals surface area contributed by atoms with Crippen LogP contribution in [0.15, 0.2) is 48.7 Å². The molecule has 4 heteroatoms. The Morgan fingerprint density at radius 3 is 2.50 bits per heavy atom. The normalized spacial score (nSPS) is 11.8. The number of aromatic nitrogens is 2. The summed E-state index contributed by atoms with van der Waals surface area (Å²) >= 11 is 0. The van der Waals surface area contributed by atoms with Gasteiger partial charge in [0, 0.05) is 24.8 Å². The molecule has 0 amide bonds. The first-order valence-corrected chi connectivity index (χ1v) is 9.46. The highest BCUT2D eigenvalue weighted by molar-refractivity contribution is 5.95. The van der Waals surface area contributed by atoms with Crippen LogP contribution in [0.2, 0.25) is 0 Å². The molecule has 26 heavy (non-hydrogen) atoms. The summed E-state index contributed by atoms with van der Waals surface area (Å²) in [6.07, 6.45) is 3.38. The predicted octanol–water partition coefficient (Wildman–Crippen LogP) is 4.11. The number of hydrogen-bond acceptors (Lipinski definition) is 3. The van der Waals surface area contributed by atoms with Crippen LogP contribution >= 0.6 is 0 Å². The smallest absolute Gasteiger partial charge is 0.140 e. The SMILES string of the molecule is CCn1cc(CN(C)CCCN(C)C)nc1-c1cccc2ccccc12. The van der Waals surface area contributed by atoms with Gasteiger partial charge in [-0.2, -0.15) is 0 Å². The van der Waals surface area contributed by atoms with E-state index in [-0.39, 0.29) is 0 Å². The molecule has 0 radical (unpaired) electrons. The molecule has 2 aromatic carbocycles. The number of aryl methyl sites for hydroxylation is 1. The van der Waals surface area contributed by atoms with Crippen molar-refractivity contribution in [3.63, 3.8) is 0 Å². The molecule has 3 rings (SSSR count). The highest BCUT2D eigenvalue weighted by atomic mass is 15.1. The van der Waals surface area contributed by atoms with Crippen LogP contribution in [0.4, 0.5) is 0 Å². The lowest BCUT2D eigenvalue weighted by Gasteiger charge is -2.16. The zero-order chi connectivity index (χ0) is 18.5. The maximum Gasteiger partial charge on any atom is 0.140 e. The summed E-state index contributed by atoms with van der Waals surface area (Å²) < 4.78 is 2.27. The van der Waals surface area contributed by atoms with Crippen LogP contribution in [0.1, 0.15) is 19.0 Å². The van der Waals surface area contributed by atoms with Crippen molar-refractivity contribution in [1.82, 2.24) is 19.4 Å². The fourth-order valence-corrected chi connectivity index (χ4v) is 3.44. The van der Waals surface area contributed by atoms with Gasteiger partial charge in [0.25, 0.3) is 0 Å². The summed E-state index contributed by atoms with van der Waals surface area (Å²) in [5.74, 6) is 1.07. The van der Waals surface area contributed by atoms with Crippen molar-refractivity contribution < 1.29 is 0 Å². The van der Waals surface area contributed by atoms with Gasteiger partial charge in [-0.25, -0.2) is 4.98 Å². The molecule has 0 unspecified atom stereocenters. The fraction of sp³-hybridized carbons (Fsp3) is 0.409. The third-order valence-corrected chi connectivity index (χ3v) is 4.77. The highest BCUT2D eigenvalue weighted by Gasteiger charge is 2.13. The van der Waals surface area contributed by atoms with Crippen LogP contribution in [0.25, 0.3) is 22.2 Å². The van der Waals surface area contributed by atoms with E-state index in [1.54, 1.807) is 0 Å². The molecule has 0 spiro atoms. The van der Waals surface area contributed by atoms with Gasteiger partial charge in [0.2, 0.25) is 0 Å². The van der Waals surface area contributed by atoms with Crippen molar-refractivity contribution in [2.24, 2.45) is 0 Å². The van der Waals surface area contributed by atoms with E-state index in [1.165, 1.54) is 22.8 Å². The lowest BCUT2D eigenvalue weighted by Crippen LogP contribution is -2.23. The number of fused-ring (bicyclic) bond motifs is 1. The van der Waals surface area contributed by atoms with Gasteiger partial charge >= 0.3 is 0 Å². The molecule has 0 N–H and O–H groups in total. The second-order valence-corrected chi connectivity index (χ2v) is 7.26. The number of nitrogens with zero attached hydrogens (tertiary/aromatic N) is 4. The quantitative estimate of drug-likeness (QED) is 0.611. The first-order valence-electron chi connectivity index (χ1n) is 9.46. The Morgan fingerprint density at radius 2 is 1.73 bits per heavy atom. The van der Waals surface area contributed by atoms with Crippen molar-refractivity contribution in [2.45, 2.75) is 26.4 Å². The standard InChI is InChI=1S/C22H30N4/c1-5-26-17-19(16-25(4)15-9-14-24(2)3)23-22(26)21-13-8-11-18-10-6-7-12-20(18)21/h6-8,10-13,17H,5,9,14-16H2,1-4H3. The van der Waals surface area contributed by atoms with E-state index in [1.807, 2.05) is 0 Å². The van der Waals surface area contributed by atoms with Gasteiger partial charge in [0.15, 0.2) is 0 Å². The summed E-state index contributed by atoms with van der Waals surface area (Å²) in [4.78, 5) is 9.59. The van der Waals surface area contributed by atoms with Gasteiger partial charge in [-0.05, 0) is 58.3 Å². The molecule has 4 nitrogen and oxygen atoms in total. The molecule has 0 aliphatic heterocycles. The van der Waals surface area contributed by atoms with Gasteiger partial charge in [-0.15, -0.1) is 0 Å². The number of rotatable bonds is 8. The molecule has 138 valence electrons. The van der Waals surface area contributed by atoms with E-state index in [0.717, 1.165) is 37.7 Å². The topological polar surface area (TPSA) is 24.3 Å². The highest BCUT2D eigenvalue weighted by Crippen LogP contribution is 2.28. The molecule has 0 aliphatic carbocycles. The lowest BCUT2D eigenvalue weighted by molar-refractivity contribution is 0.292. The zero-order valence-electron chi connectivity index (χ0n) is 16.4. The lowest BCUT2D eigenvalue weighted by atomic mass is 10.0. The van der Waals surface area contributed by atoms with E-state index >= 15 is 0 Å². The average molecular weight is 351 g/mol. The minimum absolute atomic E-state index is 0.887. The molecule has 0 fully saturated rings. The first-order chi connectivity index (χ1) is 12.6. The maximum atomic E-state index is 5.00. The van der Waals surface area contributed by atoms with Gasteiger partial charge in [0.05, 0.1) is 5.69 Å². The zero-order valence-corrected chi connectivity index (χ0v) is 16.4. The molecule has 1 aromatic heterocycles. The Labute approximate surface area is 157 Å². The summed E-state index contributed by atoms with van der Waals surface area (Å²) in [5.41, 5.74) is 2.36. The molecule has 0 saturated carbocycles. The third kappa shape index (κ3) is 4.32. The molecule has 0 aliphatic rings. The predicted molar refractivity (Wildman–Crippen MR) is 110 cm³/mol. The van der Waals surface area contributed by atoms with Crippen molar-refractivity contribution in [1.29, 1.82) is 0 Å². The Hall–Kier alpha value is -2.17. The van der Waals surface area contributed by atoms with Crippen LogP contribution < -0.4 is 0 Å². The summed E-state index contributed by atoms with van der Waals surface area (Å²) in [7, 11) is 6.43. The van der Waals surface area contributed by atoms with E-state index in [0.29, 0.717) is 0 Å². The summed E-state index contributed by atoms with van der Waals surface area (Å²) in [5, 5.41) is 2.53. The van der Waals surface area contributed by atoms with Gasteiger partial charge in [-0.1, -0.05) is 42.5 Å². The Kier molecular flexibility index (Phi) is 6.07. The largest absolute Gasteiger partial charge is 0.331 e. The minimum Gasteiger partial charge on any atom is -0.331 e. The number of imidazole rings is 1. The van der Waals surface area contributed by atoms with Crippen LogP contribution in [-0.2, 0) is 13.1 Å².